The molecule has 5 heteroatoms. The first kappa shape index (κ1) is 13.0. The van der Waals surface area contributed by atoms with Crippen molar-refractivity contribution in [3.05, 3.63) is 29.8 Å². The van der Waals surface area contributed by atoms with Crippen LogP contribution in [0.25, 0.3) is 0 Å². The molecule has 0 bridgehead atoms. The van der Waals surface area contributed by atoms with Crippen LogP contribution in [0.3, 0.4) is 0 Å². The van der Waals surface area contributed by atoms with Gasteiger partial charge in [-0.2, -0.15) is 0 Å². The summed E-state index contributed by atoms with van der Waals surface area (Å²) in [6, 6.07) is 7.00. The predicted molar refractivity (Wildman–Crippen MR) is 62.3 cm³/mol. The van der Waals surface area contributed by atoms with E-state index in [-0.39, 0.29) is 12.4 Å². The van der Waals surface area contributed by atoms with E-state index in [9.17, 15) is 8.42 Å². The molecule has 1 unspecified atom stereocenters. The van der Waals surface area contributed by atoms with E-state index in [1.165, 1.54) is 7.11 Å². The Morgan fingerprint density at radius 3 is 2.56 bits per heavy atom. The average molecular weight is 244 g/mol. The van der Waals surface area contributed by atoms with Crippen molar-refractivity contribution < 1.29 is 18.3 Å². The molecule has 1 rings (SSSR count). The summed E-state index contributed by atoms with van der Waals surface area (Å²) in [5.74, 6) is 0.322. The highest BCUT2D eigenvalue weighted by molar-refractivity contribution is 7.91. The van der Waals surface area contributed by atoms with E-state index in [2.05, 4.69) is 0 Å². The number of hydrogen-bond acceptors (Lipinski definition) is 4. The number of methoxy groups -OCH3 is 1. The van der Waals surface area contributed by atoms with Crippen LogP contribution in [0.4, 0.5) is 0 Å². The highest BCUT2D eigenvalue weighted by atomic mass is 32.2. The van der Waals surface area contributed by atoms with Crippen LogP contribution in [-0.2, 0) is 9.84 Å². The highest BCUT2D eigenvalue weighted by Gasteiger charge is 2.24. The Bertz CT molecular complexity index is 439. The molecule has 90 valence electrons. The zero-order valence-electron chi connectivity index (χ0n) is 9.38. The number of aliphatic hydroxyl groups excluding tert-OH is 1. The van der Waals surface area contributed by atoms with Crippen molar-refractivity contribution in [3.63, 3.8) is 0 Å². The van der Waals surface area contributed by atoms with Gasteiger partial charge in [-0.25, -0.2) is 8.42 Å². The number of sulfone groups is 1. The molecular weight excluding hydrogens is 228 g/mol. The van der Waals surface area contributed by atoms with E-state index in [0.29, 0.717) is 11.3 Å². The number of para-hydroxylation sites is 1. The number of aliphatic hydroxyl groups is 1. The van der Waals surface area contributed by atoms with Crippen LogP contribution in [-0.4, -0.2) is 33.0 Å². The van der Waals surface area contributed by atoms with Crippen LogP contribution in [0.2, 0.25) is 0 Å². The average Bonchev–Trinajstić information content (AvgIpc) is 2.28. The van der Waals surface area contributed by atoms with Crippen molar-refractivity contribution >= 4 is 9.84 Å². The third-order valence-electron chi connectivity index (χ3n) is 2.49. The molecule has 0 saturated carbocycles. The third-order valence-corrected chi connectivity index (χ3v) is 4.57. The lowest BCUT2D eigenvalue weighted by molar-refractivity contribution is 0.319. The van der Waals surface area contributed by atoms with Gasteiger partial charge in [0.2, 0.25) is 0 Å². The second kappa shape index (κ2) is 5.32. The first-order chi connectivity index (χ1) is 7.53. The van der Waals surface area contributed by atoms with Crippen molar-refractivity contribution in [2.75, 3.05) is 19.5 Å². The van der Waals surface area contributed by atoms with E-state index >= 15 is 0 Å². The Hall–Kier alpha value is -1.07. The molecule has 0 saturated heterocycles. The molecule has 0 radical (unpaired) electrons. The maximum atomic E-state index is 11.8. The molecule has 1 aromatic carbocycles. The minimum absolute atomic E-state index is 0.230. The van der Waals surface area contributed by atoms with Gasteiger partial charge in [-0.1, -0.05) is 18.2 Å². The van der Waals surface area contributed by atoms with Gasteiger partial charge in [0.1, 0.15) is 5.75 Å². The van der Waals surface area contributed by atoms with Gasteiger partial charge in [0.15, 0.2) is 9.84 Å². The van der Waals surface area contributed by atoms with Crippen molar-refractivity contribution in [2.45, 2.75) is 12.2 Å². The van der Waals surface area contributed by atoms with Crippen LogP contribution in [0.15, 0.2) is 24.3 Å². The molecule has 0 aromatic heterocycles. The monoisotopic (exact) mass is 244 g/mol. The van der Waals surface area contributed by atoms with E-state index in [1.807, 2.05) is 0 Å². The summed E-state index contributed by atoms with van der Waals surface area (Å²) in [6.07, 6.45) is 0. The molecule has 0 spiro atoms. The van der Waals surface area contributed by atoms with Gasteiger partial charge in [0.25, 0.3) is 0 Å². The fourth-order valence-electron chi connectivity index (χ4n) is 1.50. The fourth-order valence-corrected chi connectivity index (χ4v) is 2.69. The van der Waals surface area contributed by atoms with E-state index < -0.39 is 15.1 Å². The zero-order valence-corrected chi connectivity index (χ0v) is 10.2. The van der Waals surface area contributed by atoms with E-state index in [1.54, 1.807) is 31.2 Å². The first-order valence-corrected chi connectivity index (χ1v) is 6.70. The second-order valence-corrected chi connectivity index (χ2v) is 5.92. The maximum absolute atomic E-state index is 11.8. The smallest absolute Gasteiger partial charge is 0.159 e. The fraction of sp³-hybridized carbons (Fsp3) is 0.455. The summed E-state index contributed by atoms with van der Waals surface area (Å²) in [5, 5.41) is 8.04. The van der Waals surface area contributed by atoms with Crippen LogP contribution < -0.4 is 4.74 Å². The molecule has 4 nitrogen and oxygen atoms in total. The van der Waals surface area contributed by atoms with Crippen molar-refractivity contribution in [1.29, 1.82) is 0 Å². The summed E-state index contributed by atoms with van der Waals surface area (Å²) < 4.78 is 28.7. The number of rotatable bonds is 5. The van der Waals surface area contributed by atoms with Crippen molar-refractivity contribution in [2.24, 2.45) is 0 Å². The van der Waals surface area contributed by atoms with Gasteiger partial charge < -0.3 is 9.84 Å². The molecule has 0 amide bonds. The standard InChI is InChI=1S/C11H16O4S/c1-9(16(13,14)8-7-12)10-5-3-4-6-11(10)15-2/h3-6,9,12H,7-8H2,1-2H3. The topological polar surface area (TPSA) is 63.6 Å². The predicted octanol–water partition coefficient (Wildman–Crippen LogP) is 1.16. The highest BCUT2D eigenvalue weighted by Crippen LogP contribution is 2.30. The van der Waals surface area contributed by atoms with E-state index in [0.717, 1.165) is 0 Å². The SMILES string of the molecule is COc1ccccc1C(C)S(=O)(=O)CCO. The van der Waals surface area contributed by atoms with E-state index in [4.69, 9.17) is 9.84 Å². The molecule has 1 atom stereocenters. The van der Waals surface area contributed by atoms with Gasteiger partial charge in [-0.15, -0.1) is 0 Å². The summed E-state index contributed by atoms with van der Waals surface area (Å²) in [5.41, 5.74) is 0.624. The van der Waals surface area contributed by atoms with Gasteiger partial charge in [-0.3, -0.25) is 0 Å². The van der Waals surface area contributed by atoms with Gasteiger partial charge in [0.05, 0.1) is 24.7 Å². The summed E-state index contributed by atoms with van der Waals surface area (Å²) in [6.45, 7) is 1.24. The molecule has 0 heterocycles. The number of hydrogen-bond donors (Lipinski definition) is 1. The van der Waals surface area contributed by atoms with Crippen LogP contribution in [0.5, 0.6) is 5.75 Å². The second-order valence-electron chi connectivity index (χ2n) is 3.47. The molecule has 1 aromatic rings. The molecule has 1 N–H and O–H groups in total. The Kier molecular flexibility index (Phi) is 4.32. The molecule has 0 aliphatic carbocycles. The maximum Gasteiger partial charge on any atom is 0.159 e. The summed E-state index contributed by atoms with van der Waals surface area (Å²) >= 11 is 0. The minimum atomic E-state index is -3.33. The van der Waals surface area contributed by atoms with Crippen molar-refractivity contribution in [3.8, 4) is 5.75 Å². The molecule has 0 aliphatic heterocycles. The molecular formula is C11H16O4S. The summed E-state index contributed by atoms with van der Waals surface area (Å²) in [4.78, 5) is 0. The van der Waals surface area contributed by atoms with Gasteiger partial charge in [0, 0.05) is 5.56 Å². The van der Waals surface area contributed by atoms with Gasteiger partial charge >= 0.3 is 0 Å². The summed E-state index contributed by atoms with van der Waals surface area (Å²) in [7, 11) is -1.82. The Balaban J connectivity index is 3.09. The van der Waals surface area contributed by atoms with Crippen molar-refractivity contribution in [1.82, 2.24) is 0 Å². The lowest BCUT2D eigenvalue weighted by atomic mass is 10.1. The quantitative estimate of drug-likeness (QED) is 0.844. The molecule has 0 aliphatic rings. The van der Waals surface area contributed by atoms with Crippen LogP contribution in [0, 0.1) is 0 Å². The Labute approximate surface area is 95.8 Å². The van der Waals surface area contributed by atoms with Crippen LogP contribution in [0.1, 0.15) is 17.7 Å². The lowest BCUT2D eigenvalue weighted by Gasteiger charge is -2.15. The number of ether oxygens (including phenoxy) is 1. The normalized spacial score (nSPS) is 13.4. The van der Waals surface area contributed by atoms with Gasteiger partial charge in [-0.05, 0) is 13.0 Å². The zero-order chi connectivity index (χ0) is 12.2. The first-order valence-electron chi connectivity index (χ1n) is 4.98. The Morgan fingerprint density at radius 2 is 2.00 bits per heavy atom. The number of benzene rings is 1. The molecule has 0 fully saturated rings. The molecule has 16 heavy (non-hydrogen) atoms. The Morgan fingerprint density at radius 1 is 1.38 bits per heavy atom. The largest absolute Gasteiger partial charge is 0.496 e. The van der Waals surface area contributed by atoms with Crippen LogP contribution >= 0.6 is 0 Å². The minimum Gasteiger partial charge on any atom is -0.496 e. The third kappa shape index (κ3) is 2.74. The lowest BCUT2D eigenvalue weighted by Crippen LogP contribution is -2.17.